The van der Waals surface area contributed by atoms with Crippen LogP contribution in [0.4, 0.5) is 0 Å². The lowest BCUT2D eigenvalue weighted by Gasteiger charge is -2.28. The van der Waals surface area contributed by atoms with Crippen molar-refractivity contribution in [3.8, 4) is 0 Å². The SMILES string of the molecule is CC1CC(CN)CN1C(C)c1ccncc1. The largest absolute Gasteiger partial charge is 0.330 e. The van der Waals surface area contributed by atoms with E-state index >= 15 is 0 Å². The van der Waals surface area contributed by atoms with Crippen molar-refractivity contribution in [3.05, 3.63) is 30.1 Å². The molecule has 0 radical (unpaired) electrons. The number of nitrogens with two attached hydrogens (primary N) is 1. The van der Waals surface area contributed by atoms with Gasteiger partial charge in [0.05, 0.1) is 0 Å². The average molecular weight is 219 g/mol. The van der Waals surface area contributed by atoms with Gasteiger partial charge in [0.15, 0.2) is 0 Å². The molecule has 3 heteroatoms. The Morgan fingerprint density at radius 1 is 1.50 bits per heavy atom. The molecule has 3 atom stereocenters. The van der Waals surface area contributed by atoms with Crippen molar-refractivity contribution in [2.45, 2.75) is 32.4 Å². The zero-order chi connectivity index (χ0) is 11.5. The molecule has 0 spiro atoms. The minimum absolute atomic E-state index is 0.467. The summed E-state index contributed by atoms with van der Waals surface area (Å²) in [6.07, 6.45) is 4.96. The van der Waals surface area contributed by atoms with Crippen LogP contribution in [0.15, 0.2) is 24.5 Å². The molecule has 0 aliphatic carbocycles. The van der Waals surface area contributed by atoms with Gasteiger partial charge in [-0.1, -0.05) is 0 Å². The molecular formula is C13H21N3. The summed E-state index contributed by atoms with van der Waals surface area (Å²) in [5, 5.41) is 0. The van der Waals surface area contributed by atoms with Crippen LogP contribution in [0.3, 0.4) is 0 Å². The first kappa shape index (κ1) is 11.6. The molecule has 0 saturated carbocycles. The number of hydrogen-bond donors (Lipinski definition) is 1. The molecule has 0 bridgehead atoms. The Labute approximate surface area is 97.7 Å². The summed E-state index contributed by atoms with van der Waals surface area (Å²) in [7, 11) is 0. The number of likely N-dealkylation sites (tertiary alicyclic amines) is 1. The molecule has 1 aromatic rings. The molecule has 16 heavy (non-hydrogen) atoms. The average Bonchev–Trinajstić information content (AvgIpc) is 2.71. The number of hydrogen-bond acceptors (Lipinski definition) is 3. The lowest BCUT2D eigenvalue weighted by atomic mass is 10.1. The van der Waals surface area contributed by atoms with Crippen LogP contribution in [0, 0.1) is 5.92 Å². The molecule has 1 aromatic heterocycles. The second-order valence-electron chi connectivity index (χ2n) is 4.84. The molecule has 1 fully saturated rings. The van der Waals surface area contributed by atoms with E-state index in [-0.39, 0.29) is 0 Å². The molecule has 3 nitrogen and oxygen atoms in total. The quantitative estimate of drug-likeness (QED) is 0.843. The van der Waals surface area contributed by atoms with Gasteiger partial charge < -0.3 is 5.73 Å². The summed E-state index contributed by atoms with van der Waals surface area (Å²) >= 11 is 0. The third-order valence-corrected chi connectivity index (χ3v) is 3.73. The van der Waals surface area contributed by atoms with Gasteiger partial charge in [-0.05, 0) is 50.4 Å². The van der Waals surface area contributed by atoms with Crippen molar-refractivity contribution in [1.82, 2.24) is 9.88 Å². The van der Waals surface area contributed by atoms with Crippen LogP contribution < -0.4 is 5.73 Å². The van der Waals surface area contributed by atoms with Crippen LogP contribution in [0.5, 0.6) is 0 Å². The maximum Gasteiger partial charge on any atom is 0.0323 e. The Hall–Kier alpha value is -0.930. The number of pyridine rings is 1. The van der Waals surface area contributed by atoms with Crippen LogP contribution in [0.2, 0.25) is 0 Å². The topological polar surface area (TPSA) is 42.1 Å². The van der Waals surface area contributed by atoms with Gasteiger partial charge in [0.1, 0.15) is 0 Å². The minimum atomic E-state index is 0.467. The van der Waals surface area contributed by atoms with Crippen molar-refractivity contribution in [1.29, 1.82) is 0 Å². The van der Waals surface area contributed by atoms with Crippen molar-refractivity contribution in [2.75, 3.05) is 13.1 Å². The summed E-state index contributed by atoms with van der Waals surface area (Å²) in [6.45, 7) is 6.50. The predicted octanol–water partition coefficient (Wildman–Crippen LogP) is 1.81. The molecular weight excluding hydrogens is 198 g/mol. The molecule has 88 valence electrons. The van der Waals surface area contributed by atoms with Crippen LogP contribution in [-0.4, -0.2) is 29.0 Å². The van der Waals surface area contributed by atoms with E-state index in [0.717, 1.165) is 13.1 Å². The summed E-state index contributed by atoms with van der Waals surface area (Å²) < 4.78 is 0. The maximum absolute atomic E-state index is 5.76. The van der Waals surface area contributed by atoms with Crippen LogP contribution in [0.1, 0.15) is 31.9 Å². The van der Waals surface area contributed by atoms with Gasteiger partial charge >= 0.3 is 0 Å². The van der Waals surface area contributed by atoms with Crippen molar-refractivity contribution in [2.24, 2.45) is 11.7 Å². The number of nitrogens with zero attached hydrogens (tertiary/aromatic N) is 2. The van der Waals surface area contributed by atoms with Crippen molar-refractivity contribution in [3.63, 3.8) is 0 Å². The van der Waals surface area contributed by atoms with Gasteiger partial charge in [-0.2, -0.15) is 0 Å². The summed E-state index contributed by atoms with van der Waals surface area (Å²) in [4.78, 5) is 6.61. The molecule has 2 N–H and O–H groups in total. The van der Waals surface area contributed by atoms with Gasteiger partial charge in [0, 0.05) is 31.0 Å². The summed E-state index contributed by atoms with van der Waals surface area (Å²) in [5.41, 5.74) is 7.11. The first-order valence-corrected chi connectivity index (χ1v) is 6.08. The Balaban J connectivity index is 2.08. The van der Waals surface area contributed by atoms with E-state index in [0.29, 0.717) is 18.0 Å². The van der Waals surface area contributed by atoms with Crippen LogP contribution in [0.25, 0.3) is 0 Å². The summed E-state index contributed by atoms with van der Waals surface area (Å²) in [5.74, 6) is 0.666. The maximum atomic E-state index is 5.76. The minimum Gasteiger partial charge on any atom is -0.330 e. The zero-order valence-electron chi connectivity index (χ0n) is 10.1. The molecule has 2 rings (SSSR count). The van der Waals surface area contributed by atoms with E-state index in [4.69, 9.17) is 5.73 Å². The molecule has 1 aliphatic rings. The van der Waals surface area contributed by atoms with E-state index < -0.39 is 0 Å². The van der Waals surface area contributed by atoms with E-state index in [1.807, 2.05) is 12.4 Å². The van der Waals surface area contributed by atoms with E-state index in [2.05, 4.69) is 35.9 Å². The van der Waals surface area contributed by atoms with Gasteiger partial charge in [-0.3, -0.25) is 9.88 Å². The molecule has 1 aliphatic heterocycles. The van der Waals surface area contributed by atoms with E-state index in [9.17, 15) is 0 Å². The van der Waals surface area contributed by atoms with Crippen molar-refractivity contribution < 1.29 is 0 Å². The molecule has 2 heterocycles. The highest BCUT2D eigenvalue weighted by Gasteiger charge is 2.31. The third kappa shape index (κ3) is 2.25. The Morgan fingerprint density at radius 3 is 2.75 bits per heavy atom. The molecule has 0 amide bonds. The first-order valence-electron chi connectivity index (χ1n) is 6.08. The lowest BCUT2D eigenvalue weighted by Crippen LogP contribution is -2.30. The van der Waals surface area contributed by atoms with Crippen molar-refractivity contribution >= 4 is 0 Å². The lowest BCUT2D eigenvalue weighted by molar-refractivity contribution is 0.200. The monoisotopic (exact) mass is 219 g/mol. The fourth-order valence-electron chi connectivity index (χ4n) is 2.71. The Kier molecular flexibility index (Phi) is 3.56. The molecule has 1 saturated heterocycles. The predicted molar refractivity (Wildman–Crippen MR) is 66.0 cm³/mol. The Bertz CT molecular complexity index is 325. The second-order valence-corrected chi connectivity index (χ2v) is 4.84. The van der Waals surface area contributed by atoms with Gasteiger partial charge in [0.2, 0.25) is 0 Å². The third-order valence-electron chi connectivity index (χ3n) is 3.73. The molecule has 3 unspecified atom stereocenters. The highest BCUT2D eigenvalue weighted by atomic mass is 15.2. The number of aromatic nitrogens is 1. The van der Waals surface area contributed by atoms with Gasteiger partial charge in [-0.25, -0.2) is 0 Å². The highest BCUT2D eigenvalue weighted by Crippen LogP contribution is 2.31. The van der Waals surface area contributed by atoms with Crippen LogP contribution in [-0.2, 0) is 0 Å². The Morgan fingerprint density at radius 2 is 2.19 bits per heavy atom. The van der Waals surface area contributed by atoms with Gasteiger partial charge in [-0.15, -0.1) is 0 Å². The highest BCUT2D eigenvalue weighted by molar-refractivity contribution is 5.15. The second kappa shape index (κ2) is 4.93. The smallest absolute Gasteiger partial charge is 0.0323 e. The van der Waals surface area contributed by atoms with Gasteiger partial charge in [0.25, 0.3) is 0 Å². The van der Waals surface area contributed by atoms with Crippen LogP contribution >= 0.6 is 0 Å². The fraction of sp³-hybridized carbons (Fsp3) is 0.615. The first-order chi connectivity index (χ1) is 7.72. The van der Waals surface area contributed by atoms with E-state index in [1.165, 1.54) is 12.0 Å². The molecule has 0 aromatic carbocycles. The fourth-order valence-corrected chi connectivity index (χ4v) is 2.71. The van der Waals surface area contributed by atoms with E-state index in [1.54, 1.807) is 0 Å². The zero-order valence-corrected chi connectivity index (χ0v) is 10.1. The summed E-state index contributed by atoms with van der Waals surface area (Å²) in [6, 6.07) is 5.31. The number of rotatable bonds is 3. The standard InChI is InChI=1S/C13H21N3/c1-10-7-12(8-14)9-16(10)11(2)13-3-5-15-6-4-13/h3-6,10-12H,7-9,14H2,1-2H3. The normalized spacial score (nSPS) is 28.2.